The molecule has 1 atom stereocenters. The first kappa shape index (κ1) is 23.9. The zero-order valence-corrected chi connectivity index (χ0v) is 20.4. The van der Waals surface area contributed by atoms with Gasteiger partial charge in [0.2, 0.25) is 5.95 Å². The van der Waals surface area contributed by atoms with Crippen LogP contribution in [0.1, 0.15) is 48.3 Å². The van der Waals surface area contributed by atoms with Gasteiger partial charge in [0.05, 0.1) is 26.9 Å². The molecule has 0 saturated heterocycles. The fraction of sp³-hybridized carbons (Fsp3) is 0.320. The van der Waals surface area contributed by atoms with Crippen molar-refractivity contribution >= 4 is 17.7 Å². The van der Waals surface area contributed by atoms with Gasteiger partial charge >= 0.3 is 5.97 Å². The Morgan fingerprint density at radius 2 is 1.66 bits per heavy atom. The van der Waals surface area contributed by atoms with E-state index >= 15 is 0 Å². The van der Waals surface area contributed by atoms with Crippen molar-refractivity contribution in [1.29, 1.82) is 0 Å². The second-order valence-electron chi connectivity index (χ2n) is 9.03. The number of carbonyl (C=O) groups excluding carboxylic acids is 2. The summed E-state index contributed by atoms with van der Waals surface area (Å²) in [7, 11) is 4.25. The van der Waals surface area contributed by atoms with Crippen LogP contribution in [0.5, 0.6) is 11.5 Å². The van der Waals surface area contributed by atoms with Crippen molar-refractivity contribution in [3.8, 4) is 11.5 Å². The van der Waals surface area contributed by atoms with Gasteiger partial charge < -0.3 is 19.5 Å². The van der Waals surface area contributed by atoms with E-state index in [0.717, 1.165) is 11.1 Å². The molecule has 0 spiro atoms. The third-order valence-electron chi connectivity index (χ3n) is 5.89. The van der Waals surface area contributed by atoms with Crippen LogP contribution < -0.4 is 14.8 Å². The van der Waals surface area contributed by atoms with E-state index in [1.54, 1.807) is 18.2 Å². The van der Waals surface area contributed by atoms with Gasteiger partial charge in [-0.2, -0.15) is 4.68 Å². The number of Topliss-reactive ketones (excluding diaryl/α,β-unsaturated/α-hetero) is 1. The van der Waals surface area contributed by atoms with Crippen LogP contribution in [0.25, 0.3) is 0 Å². The minimum atomic E-state index is -0.773. The van der Waals surface area contributed by atoms with Crippen LogP contribution in [0.4, 0.5) is 5.95 Å². The number of allylic oxidation sites excluding steroid dienone is 1. The number of aromatic nitrogens is 4. The van der Waals surface area contributed by atoms with Crippen LogP contribution in [0.3, 0.4) is 0 Å². The lowest BCUT2D eigenvalue weighted by Gasteiger charge is -2.28. The summed E-state index contributed by atoms with van der Waals surface area (Å²) in [5, 5.41) is 14.7. The zero-order valence-electron chi connectivity index (χ0n) is 20.4. The molecule has 0 amide bonds. The number of benzene rings is 2. The topological polar surface area (TPSA) is 117 Å². The number of rotatable bonds is 6. The van der Waals surface area contributed by atoms with Crippen molar-refractivity contribution in [3.05, 3.63) is 70.4 Å². The van der Waals surface area contributed by atoms with Gasteiger partial charge in [0, 0.05) is 5.56 Å². The van der Waals surface area contributed by atoms with Crippen molar-refractivity contribution in [2.75, 3.05) is 26.6 Å². The maximum Gasteiger partial charge on any atom is 0.355 e. The molecule has 10 nitrogen and oxygen atoms in total. The molecule has 0 saturated carbocycles. The molecule has 4 rings (SSSR count). The number of fused-ring (bicyclic) bond motifs is 1. The number of anilines is 1. The van der Waals surface area contributed by atoms with Crippen LogP contribution in [0.2, 0.25) is 0 Å². The van der Waals surface area contributed by atoms with Gasteiger partial charge in [-0.05, 0) is 45.2 Å². The maximum absolute atomic E-state index is 14.0. The molecule has 1 aliphatic heterocycles. The zero-order chi connectivity index (χ0) is 25.3. The Morgan fingerprint density at radius 3 is 2.26 bits per heavy atom. The summed E-state index contributed by atoms with van der Waals surface area (Å²) in [6.45, 7) is 6.35. The number of ketones is 1. The number of methoxy groups -OCH3 is 3. The first-order valence-corrected chi connectivity index (χ1v) is 10.9. The summed E-state index contributed by atoms with van der Waals surface area (Å²) in [5.74, 6) is -0.0370. The number of ether oxygens (including phenoxy) is 3. The summed E-state index contributed by atoms with van der Waals surface area (Å²) < 4.78 is 17.1. The highest BCUT2D eigenvalue weighted by Crippen LogP contribution is 2.38. The predicted octanol–water partition coefficient (Wildman–Crippen LogP) is 3.31. The van der Waals surface area contributed by atoms with Crippen LogP contribution in [0, 0.1) is 0 Å². The third-order valence-corrected chi connectivity index (χ3v) is 5.89. The van der Waals surface area contributed by atoms with Crippen molar-refractivity contribution in [1.82, 2.24) is 20.2 Å². The van der Waals surface area contributed by atoms with E-state index in [-0.39, 0.29) is 22.6 Å². The SMILES string of the molecule is COC(=O)C1=C(C(=O)c2ccc(OC)c(OC)c2)[C@@H](c2ccc(C(C)(C)C)cc2)n2nnnc2N1. The molecule has 182 valence electrons. The molecule has 3 aromatic rings. The van der Waals surface area contributed by atoms with E-state index < -0.39 is 17.8 Å². The largest absolute Gasteiger partial charge is 0.493 e. The van der Waals surface area contributed by atoms with Crippen molar-refractivity contribution in [2.45, 2.75) is 32.2 Å². The van der Waals surface area contributed by atoms with Gasteiger partial charge in [-0.25, -0.2) is 4.79 Å². The van der Waals surface area contributed by atoms with Gasteiger partial charge in [0.1, 0.15) is 11.7 Å². The smallest absolute Gasteiger partial charge is 0.355 e. The lowest BCUT2D eigenvalue weighted by molar-refractivity contribution is -0.136. The molecule has 0 fully saturated rings. The average Bonchev–Trinajstić information content (AvgIpc) is 3.34. The maximum atomic E-state index is 14.0. The van der Waals surface area contributed by atoms with Crippen molar-refractivity contribution in [2.24, 2.45) is 0 Å². The van der Waals surface area contributed by atoms with Crippen LogP contribution in [-0.4, -0.2) is 53.3 Å². The molecule has 1 N–H and O–H groups in total. The summed E-state index contributed by atoms with van der Waals surface area (Å²) >= 11 is 0. The van der Waals surface area contributed by atoms with Gasteiger partial charge in [-0.15, -0.1) is 0 Å². The van der Waals surface area contributed by atoms with E-state index in [9.17, 15) is 9.59 Å². The highest BCUT2D eigenvalue weighted by Gasteiger charge is 2.38. The molecule has 2 aromatic carbocycles. The standard InChI is InChI=1S/C25H27N5O5/c1-25(2,3)16-10-7-14(8-11-16)21-19(20(23(32)35-6)26-24-27-28-29-30(21)24)22(31)15-9-12-17(33-4)18(13-15)34-5/h7-13,21H,1-6H3,(H,26,27,29)/t21-/m1/s1. The Bertz CT molecular complexity index is 1300. The molecule has 0 radical (unpaired) electrons. The highest BCUT2D eigenvalue weighted by molar-refractivity contribution is 6.15. The molecule has 0 bridgehead atoms. The normalized spacial score (nSPS) is 15.2. The fourth-order valence-corrected chi connectivity index (χ4v) is 3.99. The number of nitrogens with zero attached hydrogens (tertiary/aromatic N) is 4. The molecular weight excluding hydrogens is 450 g/mol. The number of nitrogens with one attached hydrogen (secondary N) is 1. The Balaban J connectivity index is 1.91. The van der Waals surface area contributed by atoms with Gasteiger partial charge in [0.15, 0.2) is 17.3 Å². The van der Waals surface area contributed by atoms with Crippen molar-refractivity contribution < 1.29 is 23.8 Å². The summed E-state index contributed by atoms with van der Waals surface area (Å²) in [6.07, 6.45) is 0. The molecule has 35 heavy (non-hydrogen) atoms. The van der Waals surface area contributed by atoms with Crippen LogP contribution in [-0.2, 0) is 14.9 Å². The molecule has 0 unspecified atom stereocenters. The second-order valence-corrected chi connectivity index (χ2v) is 9.03. The molecular formula is C25H27N5O5. The van der Waals surface area contributed by atoms with Crippen LogP contribution in [0.15, 0.2) is 53.7 Å². The van der Waals surface area contributed by atoms with Gasteiger partial charge in [-0.3, -0.25) is 4.79 Å². The van der Waals surface area contributed by atoms with E-state index in [4.69, 9.17) is 14.2 Å². The van der Waals surface area contributed by atoms with Crippen LogP contribution >= 0.6 is 0 Å². The monoisotopic (exact) mass is 477 g/mol. The molecule has 1 aromatic heterocycles. The first-order chi connectivity index (χ1) is 16.7. The Hall–Kier alpha value is -4.21. The third kappa shape index (κ3) is 4.34. The Labute approximate surface area is 202 Å². The summed E-state index contributed by atoms with van der Waals surface area (Å²) in [6, 6.07) is 11.9. The van der Waals surface area contributed by atoms with E-state index in [1.165, 1.54) is 26.0 Å². The predicted molar refractivity (Wildman–Crippen MR) is 128 cm³/mol. The lowest BCUT2D eigenvalue weighted by Crippen LogP contribution is -2.33. The van der Waals surface area contributed by atoms with Gasteiger partial charge in [0.25, 0.3) is 0 Å². The summed E-state index contributed by atoms with van der Waals surface area (Å²) in [5.41, 5.74) is 2.22. The Kier molecular flexibility index (Phi) is 6.29. The number of hydrogen-bond acceptors (Lipinski definition) is 9. The molecule has 0 aliphatic carbocycles. The number of tetrazole rings is 1. The van der Waals surface area contributed by atoms with E-state index in [2.05, 4.69) is 41.6 Å². The quantitative estimate of drug-likeness (QED) is 0.421. The molecule has 10 heteroatoms. The van der Waals surface area contributed by atoms with E-state index in [0.29, 0.717) is 17.1 Å². The highest BCUT2D eigenvalue weighted by atomic mass is 16.5. The average molecular weight is 478 g/mol. The fourth-order valence-electron chi connectivity index (χ4n) is 3.99. The molecule has 1 aliphatic rings. The summed E-state index contributed by atoms with van der Waals surface area (Å²) in [4.78, 5) is 26.8. The molecule has 2 heterocycles. The second kappa shape index (κ2) is 9.21. The van der Waals surface area contributed by atoms with Gasteiger partial charge in [-0.1, -0.05) is 50.1 Å². The minimum absolute atomic E-state index is 0.0283. The minimum Gasteiger partial charge on any atom is -0.493 e. The number of carbonyl (C=O) groups is 2. The number of hydrogen-bond donors (Lipinski definition) is 1. The first-order valence-electron chi connectivity index (χ1n) is 10.9. The Morgan fingerprint density at radius 1 is 0.971 bits per heavy atom. The van der Waals surface area contributed by atoms with Crippen molar-refractivity contribution in [3.63, 3.8) is 0 Å². The number of esters is 1. The van der Waals surface area contributed by atoms with E-state index in [1.807, 2.05) is 24.3 Å². The lowest BCUT2D eigenvalue weighted by atomic mass is 9.84.